The number of hydrogen-bond donors (Lipinski definition) is 1. The van der Waals surface area contributed by atoms with Crippen molar-refractivity contribution in [2.75, 3.05) is 18.2 Å². The number of methoxy groups -OCH3 is 1. The summed E-state index contributed by atoms with van der Waals surface area (Å²) in [5.41, 5.74) is 3.50. The first kappa shape index (κ1) is 23.4. The number of carbonyl (C=O) groups is 1. The Morgan fingerprint density at radius 3 is 2.39 bits per heavy atom. The van der Waals surface area contributed by atoms with Crippen molar-refractivity contribution in [1.29, 1.82) is 0 Å². The van der Waals surface area contributed by atoms with Gasteiger partial charge in [-0.2, -0.15) is 5.10 Å². The molecule has 0 saturated carbocycles. The molecule has 1 N–H and O–H groups in total. The van der Waals surface area contributed by atoms with E-state index in [1.807, 2.05) is 103 Å². The van der Waals surface area contributed by atoms with Crippen molar-refractivity contribution in [2.24, 2.45) is 7.05 Å². The zero-order valence-electron chi connectivity index (χ0n) is 19.8. The highest BCUT2D eigenvalue weighted by atomic mass is 32.2. The molecule has 2 heterocycles. The molecule has 0 fully saturated rings. The fourth-order valence-corrected chi connectivity index (χ4v) is 4.46. The summed E-state index contributed by atoms with van der Waals surface area (Å²) in [7, 11) is 3.51. The average molecular weight is 497 g/mol. The van der Waals surface area contributed by atoms with E-state index in [0.29, 0.717) is 16.8 Å². The Kier molecular flexibility index (Phi) is 6.81. The maximum absolute atomic E-state index is 12.9. The number of amides is 1. The van der Waals surface area contributed by atoms with Crippen LogP contribution >= 0.6 is 11.8 Å². The Morgan fingerprint density at radius 2 is 1.64 bits per heavy atom. The number of para-hydroxylation sites is 1. The third-order valence-corrected chi connectivity index (χ3v) is 6.56. The lowest BCUT2D eigenvalue weighted by atomic mass is 10.2. The summed E-state index contributed by atoms with van der Waals surface area (Å²) in [5.74, 6) is 2.05. The molecule has 1 amide bonds. The van der Waals surface area contributed by atoms with Crippen LogP contribution in [0, 0.1) is 0 Å². The van der Waals surface area contributed by atoms with Crippen LogP contribution in [-0.2, 0) is 11.8 Å². The number of aromatic nitrogens is 5. The Labute approximate surface area is 213 Å². The number of carbonyl (C=O) groups excluding carboxylic acids is 1. The molecule has 0 aliphatic rings. The standard InChI is InChI=1S/C27H24N6O2S/c1-32-26(20-12-9-15-22(16-20)35-2)29-30-27(32)36-18-25(34)28-24-17-23(19-10-5-3-6-11-19)31-33(24)21-13-7-4-8-14-21/h3-17H,18H2,1-2H3,(H,28,34). The predicted molar refractivity (Wildman–Crippen MR) is 141 cm³/mol. The third-order valence-electron chi connectivity index (χ3n) is 5.54. The van der Waals surface area contributed by atoms with Gasteiger partial charge in [0.05, 0.1) is 24.2 Å². The lowest BCUT2D eigenvalue weighted by Crippen LogP contribution is -2.17. The Morgan fingerprint density at radius 1 is 0.917 bits per heavy atom. The van der Waals surface area contributed by atoms with Crippen LogP contribution in [0.15, 0.2) is 96.2 Å². The zero-order chi connectivity index (χ0) is 24.9. The largest absolute Gasteiger partial charge is 0.497 e. The van der Waals surface area contributed by atoms with Crippen LogP contribution in [-0.4, -0.2) is 43.3 Å². The molecule has 36 heavy (non-hydrogen) atoms. The predicted octanol–water partition coefficient (Wildman–Crippen LogP) is 5.07. The number of rotatable bonds is 8. The van der Waals surface area contributed by atoms with Crippen molar-refractivity contribution in [3.05, 3.63) is 91.0 Å². The fraction of sp³-hybridized carbons (Fsp3) is 0.111. The quantitative estimate of drug-likeness (QED) is 0.302. The van der Waals surface area contributed by atoms with Crippen LogP contribution in [0.2, 0.25) is 0 Å². The number of nitrogens with one attached hydrogen (secondary N) is 1. The van der Waals surface area contributed by atoms with E-state index in [2.05, 4.69) is 15.5 Å². The number of thioether (sulfide) groups is 1. The van der Waals surface area contributed by atoms with E-state index in [1.54, 1.807) is 11.8 Å². The van der Waals surface area contributed by atoms with Gasteiger partial charge < -0.3 is 14.6 Å². The Hall–Kier alpha value is -4.37. The normalized spacial score (nSPS) is 10.8. The van der Waals surface area contributed by atoms with Gasteiger partial charge in [0.15, 0.2) is 11.0 Å². The van der Waals surface area contributed by atoms with E-state index in [9.17, 15) is 4.79 Å². The first-order valence-electron chi connectivity index (χ1n) is 11.3. The molecule has 180 valence electrons. The molecule has 0 bridgehead atoms. The minimum atomic E-state index is -0.164. The van der Waals surface area contributed by atoms with Crippen molar-refractivity contribution in [1.82, 2.24) is 24.5 Å². The number of nitrogens with zero attached hydrogens (tertiary/aromatic N) is 5. The zero-order valence-corrected chi connectivity index (χ0v) is 20.6. The van der Waals surface area contributed by atoms with Crippen LogP contribution in [0.4, 0.5) is 5.82 Å². The molecule has 3 aromatic carbocycles. The van der Waals surface area contributed by atoms with E-state index < -0.39 is 0 Å². The summed E-state index contributed by atoms with van der Waals surface area (Å²) in [5, 5.41) is 17.0. The second-order valence-electron chi connectivity index (χ2n) is 7.96. The highest BCUT2D eigenvalue weighted by Crippen LogP contribution is 2.27. The Balaban J connectivity index is 1.33. The molecular weight excluding hydrogens is 472 g/mol. The van der Waals surface area contributed by atoms with Gasteiger partial charge in [0.25, 0.3) is 0 Å². The van der Waals surface area contributed by atoms with Gasteiger partial charge in [-0.1, -0.05) is 72.4 Å². The van der Waals surface area contributed by atoms with Crippen molar-refractivity contribution >= 4 is 23.5 Å². The smallest absolute Gasteiger partial charge is 0.236 e. The van der Waals surface area contributed by atoms with Gasteiger partial charge in [0.1, 0.15) is 11.6 Å². The lowest BCUT2D eigenvalue weighted by Gasteiger charge is -2.09. The van der Waals surface area contributed by atoms with Gasteiger partial charge in [0.2, 0.25) is 5.91 Å². The van der Waals surface area contributed by atoms with Crippen molar-refractivity contribution in [3.8, 4) is 34.1 Å². The molecule has 0 spiro atoms. The second-order valence-corrected chi connectivity index (χ2v) is 8.90. The van der Waals surface area contributed by atoms with E-state index in [1.165, 1.54) is 11.8 Å². The van der Waals surface area contributed by atoms with Crippen LogP contribution in [0.3, 0.4) is 0 Å². The highest BCUT2D eigenvalue weighted by Gasteiger charge is 2.16. The van der Waals surface area contributed by atoms with Crippen molar-refractivity contribution in [2.45, 2.75) is 5.16 Å². The molecule has 0 saturated heterocycles. The summed E-state index contributed by atoms with van der Waals surface area (Å²) in [4.78, 5) is 12.9. The number of hydrogen-bond acceptors (Lipinski definition) is 6. The summed E-state index contributed by atoms with van der Waals surface area (Å²) in [6.45, 7) is 0. The van der Waals surface area contributed by atoms with Crippen LogP contribution < -0.4 is 10.1 Å². The van der Waals surface area contributed by atoms with Gasteiger partial charge in [-0.25, -0.2) is 4.68 Å². The topological polar surface area (TPSA) is 86.9 Å². The number of anilines is 1. The molecule has 2 aromatic heterocycles. The maximum atomic E-state index is 12.9. The van der Waals surface area contributed by atoms with E-state index in [0.717, 1.165) is 28.3 Å². The number of ether oxygens (including phenoxy) is 1. The molecule has 5 aromatic rings. The lowest BCUT2D eigenvalue weighted by molar-refractivity contribution is -0.113. The second kappa shape index (κ2) is 10.5. The van der Waals surface area contributed by atoms with E-state index >= 15 is 0 Å². The molecule has 0 aliphatic heterocycles. The number of benzene rings is 3. The molecular formula is C27H24N6O2S. The van der Waals surface area contributed by atoms with Gasteiger partial charge in [-0.15, -0.1) is 10.2 Å². The summed E-state index contributed by atoms with van der Waals surface area (Å²) in [6.07, 6.45) is 0. The van der Waals surface area contributed by atoms with Gasteiger partial charge in [0, 0.05) is 24.2 Å². The third kappa shape index (κ3) is 5.01. The first-order valence-corrected chi connectivity index (χ1v) is 12.3. The van der Waals surface area contributed by atoms with Crippen LogP contribution in [0.1, 0.15) is 0 Å². The summed E-state index contributed by atoms with van der Waals surface area (Å²) < 4.78 is 8.92. The van der Waals surface area contributed by atoms with Gasteiger partial charge in [-0.05, 0) is 24.3 Å². The first-order chi connectivity index (χ1) is 17.6. The maximum Gasteiger partial charge on any atom is 0.236 e. The van der Waals surface area contributed by atoms with Crippen molar-refractivity contribution < 1.29 is 9.53 Å². The summed E-state index contributed by atoms with van der Waals surface area (Å²) in [6, 6.07) is 29.1. The van der Waals surface area contributed by atoms with Crippen LogP contribution in [0.25, 0.3) is 28.3 Å². The molecule has 9 heteroatoms. The fourth-order valence-electron chi connectivity index (χ4n) is 3.75. The Bertz CT molecular complexity index is 1480. The van der Waals surface area contributed by atoms with Crippen molar-refractivity contribution in [3.63, 3.8) is 0 Å². The minimum Gasteiger partial charge on any atom is -0.497 e. The molecule has 0 radical (unpaired) electrons. The van der Waals surface area contributed by atoms with E-state index in [-0.39, 0.29) is 11.7 Å². The minimum absolute atomic E-state index is 0.164. The van der Waals surface area contributed by atoms with Gasteiger partial charge in [-0.3, -0.25) is 4.79 Å². The summed E-state index contributed by atoms with van der Waals surface area (Å²) >= 11 is 1.32. The highest BCUT2D eigenvalue weighted by molar-refractivity contribution is 7.99. The molecule has 0 atom stereocenters. The molecule has 0 aliphatic carbocycles. The van der Waals surface area contributed by atoms with Gasteiger partial charge >= 0.3 is 0 Å². The van der Waals surface area contributed by atoms with E-state index in [4.69, 9.17) is 9.84 Å². The van der Waals surface area contributed by atoms with Crippen LogP contribution in [0.5, 0.6) is 5.75 Å². The average Bonchev–Trinajstić information content (AvgIpc) is 3.52. The molecule has 5 rings (SSSR count). The monoisotopic (exact) mass is 496 g/mol. The SMILES string of the molecule is COc1cccc(-c2nnc(SCC(=O)Nc3cc(-c4ccccc4)nn3-c3ccccc3)n2C)c1. The molecule has 0 unspecified atom stereocenters. The molecule has 8 nitrogen and oxygen atoms in total.